The number of sulfonamides is 1. The number of amides is 1. The highest BCUT2D eigenvalue weighted by atomic mass is 32.2. The Bertz CT molecular complexity index is 1160. The molecule has 1 heterocycles. The average molecular weight is 431 g/mol. The monoisotopic (exact) mass is 430 g/mol. The van der Waals surface area contributed by atoms with Crippen molar-refractivity contribution in [1.82, 2.24) is 15.1 Å². The Morgan fingerprint density at radius 2 is 1.80 bits per heavy atom. The lowest BCUT2D eigenvalue weighted by molar-refractivity contribution is 0.0949. The van der Waals surface area contributed by atoms with E-state index >= 15 is 0 Å². The first-order valence-electron chi connectivity index (χ1n) is 9.33. The van der Waals surface area contributed by atoms with Crippen molar-refractivity contribution in [1.29, 1.82) is 0 Å². The molecule has 0 saturated carbocycles. The number of nitrogens with one attached hydrogen (secondary N) is 2. The Hall–Kier alpha value is -3.20. The number of hydrogen-bond acceptors (Lipinski definition) is 4. The minimum atomic E-state index is -3.44. The molecule has 0 aliphatic rings. The highest BCUT2D eigenvalue weighted by Gasteiger charge is 2.21. The van der Waals surface area contributed by atoms with Gasteiger partial charge in [0.2, 0.25) is 10.0 Å². The third-order valence-electron chi connectivity index (χ3n) is 4.42. The minimum absolute atomic E-state index is 0.0162. The third-order valence-corrected chi connectivity index (χ3v) is 5.01. The van der Waals surface area contributed by atoms with Crippen molar-refractivity contribution in [2.24, 2.45) is 0 Å². The average Bonchev–Trinajstić information content (AvgIpc) is 3.12. The molecule has 2 N–H and O–H groups in total. The standard InChI is InChI=1S/C21H23FN4O3S/c1-14(2)20-18(13-24-26(20)17-10-8-16(22)9-11-17)21(27)23-12-15-6-4-5-7-19(15)25-30(3,28)29/h4-11,13-14,25H,12H2,1-3H3,(H,23,27). The van der Waals surface area contributed by atoms with Gasteiger partial charge in [0, 0.05) is 6.54 Å². The molecule has 0 spiro atoms. The van der Waals surface area contributed by atoms with Crippen molar-refractivity contribution < 1.29 is 17.6 Å². The Balaban J connectivity index is 1.84. The van der Waals surface area contributed by atoms with Gasteiger partial charge in [-0.3, -0.25) is 9.52 Å². The second-order valence-electron chi connectivity index (χ2n) is 7.20. The summed E-state index contributed by atoms with van der Waals surface area (Å²) in [4.78, 5) is 12.9. The van der Waals surface area contributed by atoms with Crippen LogP contribution in [-0.2, 0) is 16.6 Å². The molecule has 0 fully saturated rings. The molecular weight excluding hydrogens is 407 g/mol. The third kappa shape index (κ3) is 5.04. The largest absolute Gasteiger partial charge is 0.348 e. The van der Waals surface area contributed by atoms with E-state index in [1.807, 2.05) is 13.8 Å². The van der Waals surface area contributed by atoms with E-state index in [0.717, 1.165) is 6.26 Å². The van der Waals surface area contributed by atoms with Crippen LogP contribution in [-0.4, -0.2) is 30.4 Å². The van der Waals surface area contributed by atoms with Gasteiger partial charge in [-0.25, -0.2) is 17.5 Å². The van der Waals surface area contributed by atoms with Crippen molar-refractivity contribution in [3.63, 3.8) is 0 Å². The van der Waals surface area contributed by atoms with E-state index in [1.165, 1.54) is 18.3 Å². The first-order valence-corrected chi connectivity index (χ1v) is 11.2. The lowest BCUT2D eigenvalue weighted by Crippen LogP contribution is -2.25. The number of benzene rings is 2. The molecule has 0 atom stereocenters. The minimum Gasteiger partial charge on any atom is -0.348 e. The first-order chi connectivity index (χ1) is 14.2. The topological polar surface area (TPSA) is 93.1 Å². The second kappa shape index (κ2) is 8.66. The van der Waals surface area contributed by atoms with E-state index < -0.39 is 10.0 Å². The molecule has 158 valence electrons. The lowest BCUT2D eigenvalue weighted by atomic mass is 10.0. The molecule has 1 amide bonds. The van der Waals surface area contributed by atoms with Gasteiger partial charge in [0.25, 0.3) is 5.91 Å². The van der Waals surface area contributed by atoms with Crippen LogP contribution in [0.5, 0.6) is 0 Å². The molecule has 0 aliphatic heterocycles. The van der Waals surface area contributed by atoms with E-state index in [1.54, 1.807) is 41.1 Å². The Morgan fingerprint density at radius 3 is 2.43 bits per heavy atom. The van der Waals surface area contributed by atoms with Gasteiger partial charge in [-0.15, -0.1) is 0 Å². The van der Waals surface area contributed by atoms with Gasteiger partial charge >= 0.3 is 0 Å². The summed E-state index contributed by atoms with van der Waals surface area (Å²) in [7, 11) is -3.44. The molecule has 0 radical (unpaired) electrons. The molecule has 0 saturated heterocycles. The van der Waals surface area contributed by atoms with Crippen LogP contribution in [0.1, 0.15) is 41.4 Å². The lowest BCUT2D eigenvalue weighted by Gasteiger charge is -2.14. The maximum absolute atomic E-state index is 13.3. The zero-order valence-electron chi connectivity index (χ0n) is 16.9. The van der Waals surface area contributed by atoms with E-state index in [0.29, 0.717) is 28.2 Å². The van der Waals surface area contributed by atoms with Crippen LogP contribution in [0.4, 0.5) is 10.1 Å². The molecule has 7 nitrogen and oxygen atoms in total. The van der Waals surface area contributed by atoms with Crippen LogP contribution >= 0.6 is 0 Å². The number of nitrogens with zero attached hydrogens (tertiary/aromatic N) is 2. The summed E-state index contributed by atoms with van der Waals surface area (Å²) in [5.74, 6) is -0.699. The zero-order valence-corrected chi connectivity index (χ0v) is 17.7. The number of carbonyl (C=O) groups is 1. The molecule has 3 rings (SSSR count). The maximum Gasteiger partial charge on any atom is 0.255 e. The molecule has 2 aromatic carbocycles. The van der Waals surface area contributed by atoms with Gasteiger partial charge in [0.15, 0.2) is 0 Å². The molecule has 0 bridgehead atoms. The van der Waals surface area contributed by atoms with Crippen LogP contribution in [0.25, 0.3) is 5.69 Å². The fourth-order valence-corrected chi connectivity index (χ4v) is 3.72. The Morgan fingerprint density at radius 1 is 1.13 bits per heavy atom. The molecule has 30 heavy (non-hydrogen) atoms. The molecule has 3 aromatic rings. The number of halogens is 1. The first kappa shape index (κ1) is 21.5. The van der Waals surface area contributed by atoms with Gasteiger partial charge in [-0.1, -0.05) is 32.0 Å². The quantitative estimate of drug-likeness (QED) is 0.601. The van der Waals surface area contributed by atoms with E-state index in [9.17, 15) is 17.6 Å². The number of para-hydroxylation sites is 1. The van der Waals surface area contributed by atoms with Crippen LogP contribution in [0.2, 0.25) is 0 Å². The van der Waals surface area contributed by atoms with Gasteiger partial charge < -0.3 is 5.32 Å². The van der Waals surface area contributed by atoms with E-state index in [-0.39, 0.29) is 24.2 Å². The maximum atomic E-state index is 13.3. The van der Waals surface area contributed by atoms with Crippen molar-refractivity contribution in [3.8, 4) is 5.69 Å². The number of hydrogen-bond donors (Lipinski definition) is 2. The number of anilines is 1. The molecule has 1 aromatic heterocycles. The van der Waals surface area contributed by atoms with Crippen molar-refractivity contribution in [2.75, 3.05) is 11.0 Å². The summed E-state index contributed by atoms with van der Waals surface area (Å²) in [5.41, 5.74) is 2.80. The van der Waals surface area contributed by atoms with Crippen LogP contribution in [0.15, 0.2) is 54.7 Å². The fraction of sp³-hybridized carbons (Fsp3) is 0.238. The van der Waals surface area contributed by atoms with Crippen molar-refractivity contribution in [2.45, 2.75) is 26.3 Å². The number of carbonyl (C=O) groups excluding carboxylic acids is 1. The summed E-state index contributed by atoms with van der Waals surface area (Å²) >= 11 is 0. The fourth-order valence-electron chi connectivity index (χ4n) is 3.12. The normalized spacial score (nSPS) is 11.5. The summed E-state index contributed by atoms with van der Waals surface area (Å²) < 4.78 is 40.4. The van der Waals surface area contributed by atoms with Crippen LogP contribution in [0, 0.1) is 5.82 Å². The zero-order chi connectivity index (χ0) is 21.9. The highest BCUT2D eigenvalue weighted by Crippen LogP contribution is 2.24. The number of aromatic nitrogens is 2. The SMILES string of the molecule is CC(C)c1c(C(=O)NCc2ccccc2NS(C)(=O)=O)cnn1-c1ccc(F)cc1. The van der Waals surface area contributed by atoms with Gasteiger partial charge in [0.05, 0.1) is 35.1 Å². The smallest absolute Gasteiger partial charge is 0.255 e. The van der Waals surface area contributed by atoms with Gasteiger partial charge in [-0.2, -0.15) is 5.10 Å². The predicted octanol–water partition coefficient (Wildman–Crippen LogP) is 3.44. The van der Waals surface area contributed by atoms with E-state index in [2.05, 4.69) is 15.1 Å². The van der Waals surface area contributed by atoms with Crippen LogP contribution in [0.3, 0.4) is 0 Å². The summed E-state index contributed by atoms with van der Waals surface area (Å²) in [5, 5.41) is 7.14. The van der Waals surface area contributed by atoms with Crippen molar-refractivity contribution >= 4 is 21.6 Å². The summed E-state index contributed by atoms with van der Waals surface area (Å²) in [6.07, 6.45) is 2.55. The second-order valence-corrected chi connectivity index (χ2v) is 8.95. The molecule has 0 unspecified atom stereocenters. The molecule has 9 heteroatoms. The highest BCUT2D eigenvalue weighted by molar-refractivity contribution is 7.92. The molecule has 0 aliphatic carbocycles. The summed E-state index contributed by atoms with van der Waals surface area (Å²) in [6.45, 7) is 4.02. The molecular formula is C21H23FN4O3S. The van der Waals surface area contributed by atoms with Gasteiger partial charge in [-0.05, 0) is 41.8 Å². The number of rotatable bonds is 7. The summed E-state index contributed by atoms with van der Waals surface area (Å²) in [6, 6.07) is 12.7. The Labute approximate surface area is 175 Å². The van der Waals surface area contributed by atoms with Crippen molar-refractivity contribution in [3.05, 3.63) is 77.4 Å². The van der Waals surface area contributed by atoms with E-state index in [4.69, 9.17) is 0 Å². The van der Waals surface area contributed by atoms with Gasteiger partial charge in [0.1, 0.15) is 5.82 Å². The van der Waals surface area contributed by atoms with Crippen LogP contribution < -0.4 is 10.0 Å². The Kier molecular flexibility index (Phi) is 6.21. The predicted molar refractivity (Wildman–Crippen MR) is 114 cm³/mol.